The fourth-order valence-electron chi connectivity index (χ4n) is 8.91. The van der Waals surface area contributed by atoms with Gasteiger partial charge < -0.3 is 13.6 Å². The quantitative estimate of drug-likeness (QED) is 0.0986. The van der Waals surface area contributed by atoms with Gasteiger partial charge in [0.25, 0.3) is 0 Å². The summed E-state index contributed by atoms with van der Waals surface area (Å²) in [5, 5.41) is 0.0923. The van der Waals surface area contributed by atoms with Crippen LogP contribution in [0.4, 0.5) is 26.3 Å². The van der Waals surface area contributed by atoms with E-state index >= 15 is 0 Å². The average molecular weight is 721 g/mol. The third kappa shape index (κ3) is 7.36. The molecule has 11 heteroatoms. The second kappa shape index (κ2) is 13.3. The summed E-state index contributed by atoms with van der Waals surface area (Å²) in [4.78, 5) is 0. The van der Waals surface area contributed by atoms with Crippen molar-refractivity contribution in [2.45, 2.75) is 160 Å². The first-order valence-electron chi connectivity index (χ1n) is 17.7. The van der Waals surface area contributed by atoms with Gasteiger partial charge in [-0.2, -0.15) is 26.3 Å². The zero-order valence-electron chi connectivity index (χ0n) is 30.7. The lowest BCUT2D eigenvalue weighted by Crippen LogP contribution is -2.62. The summed E-state index contributed by atoms with van der Waals surface area (Å²) in [6.45, 7) is 17.9. The van der Waals surface area contributed by atoms with Crippen molar-refractivity contribution in [2.75, 3.05) is 7.11 Å². The van der Waals surface area contributed by atoms with Gasteiger partial charge >= 0.3 is 12.4 Å². The molecule has 0 heterocycles. The van der Waals surface area contributed by atoms with Gasteiger partial charge in [-0.3, -0.25) is 0 Å². The lowest BCUT2D eigenvalue weighted by Gasteiger charge is -2.58. The maximum Gasteiger partial charge on any atom is 0.425 e. The Morgan fingerprint density at radius 3 is 2.10 bits per heavy atom. The Kier molecular flexibility index (Phi) is 11.0. The van der Waals surface area contributed by atoms with Crippen LogP contribution in [0.5, 0.6) is 5.75 Å². The second-order valence-corrected chi connectivity index (χ2v) is 26.6. The summed E-state index contributed by atoms with van der Waals surface area (Å²) in [5.74, 6) is 1.48. The molecule has 0 bridgehead atoms. The van der Waals surface area contributed by atoms with Gasteiger partial charge in [0, 0.05) is 0 Å². The van der Waals surface area contributed by atoms with Crippen LogP contribution in [0.3, 0.4) is 0 Å². The largest absolute Gasteiger partial charge is 0.497 e. The number of hydrogen-bond donors (Lipinski definition) is 0. The number of fused-ring (bicyclic) bond motifs is 5. The van der Waals surface area contributed by atoms with Crippen molar-refractivity contribution in [2.24, 2.45) is 16.7 Å². The Hall–Kier alpha value is -1.31. The van der Waals surface area contributed by atoms with Crippen LogP contribution in [-0.2, 0) is 15.3 Å². The molecule has 0 amide bonds. The number of hydrogen-bond acceptors (Lipinski definition) is 3. The van der Waals surface area contributed by atoms with Crippen molar-refractivity contribution in [1.82, 2.24) is 0 Å². The van der Waals surface area contributed by atoms with Crippen molar-refractivity contribution in [3.63, 3.8) is 0 Å². The van der Waals surface area contributed by atoms with Crippen LogP contribution in [-0.4, -0.2) is 47.8 Å². The minimum absolute atomic E-state index is 0.0203. The maximum atomic E-state index is 14.1. The van der Waals surface area contributed by atoms with Gasteiger partial charge in [-0.15, -0.1) is 0 Å². The van der Waals surface area contributed by atoms with Crippen molar-refractivity contribution < 1.29 is 39.9 Å². The number of unbranched alkanes of at least 4 members (excludes halogenated alkanes) is 2. The molecule has 0 N–H and O–H groups in total. The van der Waals surface area contributed by atoms with Crippen LogP contribution in [0, 0.1) is 16.7 Å². The monoisotopic (exact) mass is 720 g/mol. The van der Waals surface area contributed by atoms with E-state index in [0.717, 1.165) is 44.3 Å². The molecule has 1 aromatic carbocycles. The van der Waals surface area contributed by atoms with Gasteiger partial charge in [-0.1, -0.05) is 45.9 Å². The number of benzene rings is 1. The standard InChI is InChI=1S/C37H58F6O3Si2/c1-32(2,3)48(9,10)45-31-18-17-30-33(31,4)23-20-29-28-16-15-27(44-5)25-26(28)19-24-34(29,30)21-13-11-12-14-22-35(36(38,39)40,37(41,42)43)46-47(6,7)8/h13,15-16,21,25,29-31H,11-12,14,17-20,22-24H2,1-10H3/t29-,30-,31+,33+,34?/m1/s1. The lowest BCUT2D eigenvalue weighted by atomic mass is 9.47. The number of halogens is 6. The van der Waals surface area contributed by atoms with Crippen molar-refractivity contribution >= 4 is 16.6 Å². The van der Waals surface area contributed by atoms with Crippen molar-refractivity contribution in [3.8, 4) is 5.75 Å². The highest BCUT2D eigenvalue weighted by atomic mass is 28.4. The Labute approximate surface area is 286 Å². The molecule has 1 unspecified atom stereocenters. The third-order valence-electron chi connectivity index (χ3n) is 12.3. The Balaban J connectivity index is 1.61. The number of alkyl halides is 6. The fraction of sp³-hybridized carbons (Fsp3) is 0.784. The van der Waals surface area contributed by atoms with Crippen LogP contribution < -0.4 is 4.74 Å². The Morgan fingerprint density at radius 2 is 1.54 bits per heavy atom. The summed E-state index contributed by atoms with van der Waals surface area (Å²) in [7, 11) is -3.54. The Bertz CT molecular complexity index is 1300. The number of methoxy groups -OCH3 is 1. The van der Waals surface area contributed by atoms with Crippen LogP contribution in [0.1, 0.15) is 103 Å². The van der Waals surface area contributed by atoms with E-state index in [2.05, 4.69) is 65.1 Å². The zero-order valence-corrected chi connectivity index (χ0v) is 32.7. The molecular weight excluding hydrogens is 663 g/mol. The number of aryl methyl sites for hydroxylation is 1. The SMILES string of the molecule is COc1ccc2c(c1)CCC1(C=CCCCCC(O[Si](C)(C)C)(C(F)(F)F)C(F)(F)F)[C@@H]2CC[C@]2(C)[C@@H](O[Si](C)(C)C(C)(C)C)CC[C@@H]12. The van der Waals surface area contributed by atoms with Crippen LogP contribution >= 0.6 is 0 Å². The first kappa shape index (κ1) is 39.5. The molecule has 0 aromatic heterocycles. The predicted molar refractivity (Wildman–Crippen MR) is 186 cm³/mol. The first-order chi connectivity index (χ1) is 21.8. The van der Waals surface area contributed by atoms with Crippen molar-refractivity contribution in [3.05, 3.63) is 41.5 Å². The fourth-order valence-corrected chi connectivity index (χ4v) is 11.7. The first-order valence-corrected chi connectivity index (χ1v) is 24.0. The van der Waals surface area contributed by atoms with E-state index in [1.165, 1.54) is 30.8 Å². The van der Waals surface area contributed by atoms with Gasteiger partial charge in [0.1, 0.15) is 5.75 Å². The molecule has 5 atom stereocenters. The molecule has 3 nitrogen and oxygen atoms in total. The molecule has 4 rings (SSSR count). The summed E-state index contributed by atoms with van der Waals surface area (Å²) in [6.07, 6.45) is -1.39. The normalized spacial score (nSPS) is 28.7. The van der Waals surface area contributed by atoms with E-state index in [1.54, 1.807) is 7.11 Å². The second-order valence-electron chi connectivity index (χ2n) is 17.5. The van der Waals surface area contributed by atoms with E-state index in [0.29, 0.717) is 12.3 Å². The summed E-state index contributed by atoms with van der Waals surface area (Å²) in [5.41, 5.74) is -1.68. The van der Waals surface area contributed by atoms with Gasteiger partial charge in [-0.05, 0) is 148 Å². The molecule has 3 aliphatic rings. The number of allylic oxidation sites excluding steroid dienone is 2. The molecule has 0 saturated heterocycles. The molecule has 2 fully saturated rings. The Morgan fingerprint density at radius 1 is 0.896 bits per heavy atom. The number of ether oxygens (including phenoxy) is 1. The molecular formula is C37H58F6O3Si2. The molecule has 3 aliphatic carbocycles. The molecule has 0 radical (unpaired) electrons. The van der Waals surface area contributed by atoms with Crippen LogP contribution in [0.25, 0.3) is 0 Å². The summed E-state index contributed by atoms with van der Waals surface area (Å²) < 4.78 is 102. The van der Waals surface area contributed by atoms with E-state index in [-0.39, 0.29) is 40.7 Å². The highest BCUT2D eigenvalue weighted by Crippen LogP contribution is 2.68. The predicted octanol–water partition coefficient (Wildman–Crippen LogP) is 12.1. The van der Waals surface area contributed by atoms with E-state index in [4.69, 9.17) is 13.6 Å². The lowest BCUT2D eigenvalue weighted by molar-refractivity contribution is -0.362. The summed E-state index contributed by atoms with van der Waals surface area (Å²) in [6, 6.07) is 6.37. The minimum atomic E-state index is -5.55. The van der Waals surface area contributed by atoms with E-state index in [1.807, 2.05) is 6.07 Å². The minimum Gasteiger partial charge on any atom is -0.497 e. The molecule has 2 saturated carbocycles. The van der Waals surface area contributed by atoms with Gasteiger partial charge in [-0.25, -0.2) is 0 Å². The van der Waals surface area contributed by atoms with Gasteiger partial charge in [0.15, 0.2) is 16.6 Å². The van der Waals surface area contributed by atoms with Crippen LogP contribution in [0.2, 0.25) is 37.8 Å². The summed E-state index contributed by atoms with van der Waals surface area (Å²) >= 11 is 0. The van der Waals surface area contributed by atoms with Crippen molar-refractivity contribution in [1.29, 1.82) is 0 Å². The molecule has 1 aromatic rings. The highest BCUT2D eigenvalue weighted by molar-refractivity contribution is 6.74. The van der Waals surface area contributed by atoms with Crippen LogP contribution in [0.15, 0.2) is 30.4 Å². The third-order valence-corrected chi connectivity index (χ3v) is 17.7. The molecule has 48 heavy (non-hydrogen) atoms. The van der Waals surface area contributed by atoms with E-state index in [9.17, 15) is 26.3 Å². The molecule has 0 spiro atoms. The van der Waals surface area contributed by atoms with Gasteiger partial charge in [0.2, 0.25) is 5.60 Å². The topological polar surface area (TPSA) is 27.7 Å². The maximum absolute atomic E-state index is 14.1. The average Bonchev–Trinajstić information content (AvgIpc) is 3.27. The highest BCUT2D eigenvalue weighted by Gasteiger charge is 2.72. The number of rotatable bonds is 11. The molecule has 274 valence electrons. The van der Waals surface area contributed by atoms with Gasteiger partial charge in [0.05, 0.1) is 13.2 Å². The smallest absolute Gasteiger partial charge is 0.425 e. The zero-order chi connectivity index (χ0) is 36.2. The van der Waals surface area contributed by atoms with E-state index < -0.39 is 41.0 Å². The molecule has 0 aliphatic heterocycles.